The van der Waals surface area contributed by atoms with Crippen molar-refractivity contribution in [2.24, 2.45) is 17.4 Å². The molecule has 1 heterocycles. The standard InChI is InChI=1S/C8H15N3O2/c9-5-7(12)11-3-1-6(2-4-11)8(10)13/h6H,1-5,9H2,(H2,10,13). The second kappa shape index (κ2) is 4.23. The smallest absolute Gasteiger partial charge is 0.236 e. The molecule has 0 bridgehead atoms. The van der Waals surface area contributed by atoms with Crippen LogP contribution < -0.4 is 11.5 Å². The molecule has 13 heavy (non-hydrogen) atoms. The molecule has 5 heteroatoms. The fourth-order valence-corrected chi connectivity index (χ4v) is 1.54. The lowest BCUT2D eigenvalue weighted by atomic mass is 9.96. The van der Waals surface area contributed by atoms with Gasteiger partial charge in [0.15, 0.2) is 0 Å². The summed E-state index contributed by atoms with van der Waals surface area (Å²) >= 11 is 0. The molecular weight excluding hydrogens is 170 g/mol. The minimum Gasteiger partial charge on any atom is -0.369 e. The highest BCUT2D eigenvalue weighted by Crippen LogP contribution is 2.16. The van der Waals surface area contributed by atoms with E-state index in [9.17, 15) is 9.59 Å². The van der Waals surface area contributed by atoms with Gasteiger partial charge in [-0.1, -0.05) is 0 Å². The van der Waals surface area contributed by atoms with Gasteiger partial charge in [-0.05, 0) is 12.8 Å². The van der Waals surface area contributed by atoms with Gasteiger partial charge in [0, 0.05) is 19.0 Å². The van der Waals surface area contributed by atoms with Crippen molar-refractivity contribution in [2.75, 3.05) is 19.6 Å². The van der Waals surface area contributed by atoms with Crippen LogP contribution in [0.5, 0.6) is 0 Å². The zero-order valence-electron chi connectivity index (χ0n) is 7.53. The molecular formula is C8H15N3O2. The Kier molecular flexibility index (Phi) is 3.25. The summed E-state index contributed by atoms with van der Waals surface area (Å²) in [5.74, 6) is -0.385. The SMILES string of the molecule is NCC(=O)N1CCC(C(N)=O)CC1. The van der Waals surface area contributed by atoms with E-state index >= 15 is 0 Å². The van der Waals surface area contributed by atoms with Gasteiger partial charge in [0.2, 0.25) is 11.8 Å². The van der Waals surface area contributed by atoms with Crippen LogP contribution in [0.2, 0.25) is 0 Å². The number of carbonyl (C=O) groups excluding carboxylic acids is 2. The number of piperidine rings is 1. The highest BCUT2D eigenvalue weighted by Gasteiger charge is 2.24. The molecule has 0 aromatic rings. The summed E-state index contributed by atoms with van der Waals surface area (Å²) in [5.41, 5.74) is 10.4. The number of hydrogen-bond acceptors (Lipinski definition) is 3. The number of hydrogen-bond donors (Lipinski definition) is 2. The van der Waals surface area contributed by atoms with Crippen LogP contribution in [0.3, 0.4) is 0 Å². The van der Waals surface area contributed by atoms with Gasteiger partial charge in [-0.15, -0.1) is 0 Å². The lowest BCUT2D eigenvalue weighted by molar-refractivity contribution is -0.133. The monoisotopic (exact) mass is 185 g/mol. The molecule has 4 N–H and O–H groups in total. The normalized spacial score (nSPS) is 18.7. The van der Waals surface area contributed by atoms with Gasteiger partial charge in [0.05, 0.1) is 6.54 Å². The largest absolute Gasteiger partial charge is 0.369 e. The second-order valence-corrected chi connectivity index (χ2v) is 3.26. The van der Waals surface area contributed by atoms with Gasteiger partial charge in [-0.2, -0.15) is 0 Å². The van der Waals surface area contributed by atoms with E-state index in [1.54, 1.807) is 4.90 Å². The topological polar surface area (TPSA) is 89.4 Å². The highest BCUT2D eigenvalue weighted by molar-refractivity contribution is 5.79. The molecule has 1 saturated heterocycles. The summed E-state index contributed by atoms with van der Waals surface area (Å²) in [6.07, 6.45) is 1.34. The van der Waals surface area contributed by atoms with E-state index in [0.29, 0.717) is 25.9 Å². The molecule has 74 valence electrons. The third-order valence-corrected chi connectivity index (χ3v) is 2.42. The Hall–Kier alpha value is -1.10. The van der Waals surface area contributed by atoms with Crippen molar-refractivity contribution in [3.05, 3.63) is 0 Å². The predicted molar refractivity (Wildman–Crippen MR) is 47.6 cm³/mol. The van der Waals surface area contributed by atoms with E-state index in [1.807, 2.05) is 0 Å². The van der Waals surface area contributed by atoms with Crippen molar-refractivity contribution in [2.45, 2.75) is 12.8 Å². The number of carbonyl (C=O) groups is 2. The van der Waals surface area contributed by atoms with Crippen molar-refractivity contribution in [1.82, 2.24) is 4.90 Å². The summed E-state index contributed by atoms with van der Waals surface area (Å²) < 4.78 is 0. The summed E-state index contributed by atoms with van der Waals surface area (Å²) in [4.78, 5) is 23.6. The minimum absolute atomic E-state index is 0.0429. The van der Waals surface area contributed by atoms with E-state index in [4.69, 9.17) is 11.5 Å². The number of primary amides is 1. The maximum atomic E-state index is 11.1. The van der Waals surface area contributed by atoms with Gasteiger partial charge in [0.25, 0.3) is 0 Å². The van der Waals surface area contributed by atoms with Crippen LogP contribution in [0.1, 0.15) is 12.8 Å². The van der Waals surface area contributed by atoms with Crippen LogP contribution in [-0.2, 0) is 9.59 Å². The lowest BCUT2D eigenvalue weighted by Gasteiger charge is -2.30. The first kappa shape index (κ1) is 9.98. The lowest BCUT2D eigenvalue weighted by Crippen LogP contribution is -2.44. The molecule has 1 fully saturated rings. The zero-order chi connectivity index (χ0) is 9.84. The molecule has 0 saturated carbocycles. The quantitative estimate of drug-likeness (QED) is 0.558. The molecule has 0 unspecified atom stereocenters. The third kappa shape index (κ3) is 2.42. The minimum atomic E-state index is -0.264. The first-order valence-electron chi connectivity index (χ1n) is 4.42. The Balaban J connectivity index is 2.39. The first-order chi connectivity index (χ1) is 6.15. The van der Waals surface area contributed by atoms with Crippen LogP contribution in [-0.4, -0.2) is 36.3 Å². The maximum absolute atomic E-state index is 11.1. The number of amides is 2. The predicted octanol–water partition coefficient (Wildman–Crippen LogP) is -1.33. The van der Waals surface area contributed by atoms with E-state index in [0.717, 1.165) is 0 Å². The van der Waals surface area contributed by atoms with Gasteiger partial charge in [0.1, 0.15) is 0 Å². The molecule has 2 amide bonds. The number of rotatable bonds is 2. The Labute approximate surface area is 77.1 Å². The molecule has 0 aromatic heterocycles. The van der Waals surface area contributed by atoms with Crippen LogP contribution in [0.4, 0.5) is 0 Å². The van der Waals surface area contributed by atoms with Gasteiger partial charge >= 0.3 is 0 Å². The molecule has 0 atom stereocenters. The van der Waals surface area contributed by atoms with Crippen LogP contribution >= 0.6 is 0 Å². The van der Waals surface area contributed by atoms with Gasteiger partial charge in [-0.3, -0.25) is 9.59 Å². The molecule has 1 rings (SSSR count). The summed E-state index contributed by atoms with van der Waals surface area (Å²) in [5, 5.41) is 0. The van der Waals surface area contributed by atoms with Crippen molar-refractivity contribution in [3.63, 3.8) is 0 Å². The van der Waals surface area contributed by atoms with Gasteiger partial charge in [-0.25, -0.2) is 0 Å². The molecule has 5 nitrogen and oxygen atoms in total. The maximum Gasteiger partial charge on any atom is 0.236 e. The molecule has 0 spiro atoms. The third-order valence-electron chi connectivity index (χ3n) is 2.42. The Bertz CT molecular complexity index is 209. The highest BCUT2D eigenvalue weighted by atomic mass is 16.2. The Morgan fingerprint density at radius 3 is 2.23 bits per heavy atom. The van der Waals surface area contributed by atoms with Crippen molar-refractivity contribution in [3.8, 4) is 0 Å². The fourth-order valence-electron chi connectivity index (χ4n) is 1.54. The Morgan fingerprint density at radius 1 is 1.31 bits per heavy atom. The molecule has 1 aliphatic rings. The van der Waals surface area contributed by atoms with Crippen molar-refractivity contribution in [1.29, 1.82) is 0 Å². The van der Waals surface area contributed by atoms with Crippen molar-refractivity contribution >= 4 is 11.8 Å². The van der Waals surface area contributed by atoms with Crippen LogP contribution in [0.15, 0.2) is 0 Å². The summed E-state index contributed by atoms with van der Waals surface area (Å²) in [7, 11) is 0. The number of nitrogens with two attached hydrogens (primary N) is 2. The average Bonchev–Trinajstić information content (AvgIpc) is 2.17. The first-order valence-corrected chi connectivity index (χ1v) is 4.42. The van der Waals surface area contributed by atoms with Crippen LogP contribution in [0, 0.1) is 5.92 Å². The number of likely N-dealkylation sites (tertiary alicyclic amines) is 1. The molecule has 0 aromatic carbocycles. The van der Waals surface area contributed by atoms with Crippen LogP contribution in [0.25, 0.3) is 0 Å². The van der Waals surface area contributed by atoms with E-state index in [1.165, 1.54) is 0 Å². The average molecular weight is 185 g/mol. The molecule has 0 aliphatic carbocycles. The number of nitrogens with zero attached hydrogens (tertiary/aromatic N) is 1. The molecule has 1 aliphatic heterocycles. The zero-order valence-corrected chi connectivity index (χ0v) is 7.53. The van der Waals surface area contributed by atoms with E-state index in [-0.39, 0.29) is 24.3 Å². The second-order valence-electron chi connectivity index (χ2n) is 3.26. The van der Waals surface area contributed by atoms with E-state index in [2.05, 4.69) is 0 Å². The summed E-state index contributed by atoms with van der Waals surface area (Å²) in [6, 6.07) is 0. The Morgan fingerprint density at radius 2 is 1.85 bits per heavy atom. The van der Waals surface area contributed by atoms with Gasteiger partial charge < -0.3 is 16.4 Å². The van der Waals surface area contributed by atoms with Crippen molar-refractivity contribution < 1.29 is 9.59 Å². The van der Waals surface area contributed by atoms with E-state index < -0.39 is 0 Å². The summed E-state index contributed by atoms with van der Waals surface area (Å²) in [6.45, 7) is 1.24. The fraction of sp³-hybridized carbons (Fsp3) is 0.750. The molecule has 0 radical (unpaired) electrons.